The van der Waals surface area contributed by atoms with Crippen molar-refractivity contribution in [3.63, 3.8) is 0 Å². The van der Waals surface area contributed by atoms with Crippen LogP contribution in [0.3, 0.4) is 0 Å². The van der Waals surface area contributed by atoms with E-state index in [4.69, 9.17) is 11.6 Å². The molecule has 2 atom stereocenters. The lowest BCUT2D eigenvalue weighted by Gasteiger charge is -2.34. The van der Waals surface area contributed by atoms with Crippen LogP contribution in [0.2, 0.25) is 5.02 Å². The summed E-state index contributed by atoms with van der Waals surface area (Å²) >= 11 is 6.20. The molecule has 0 radical (unpaired) electrons. The predicted molar refractivity (Wildman–Crippen MR) is 129 cm³/mol. The van der Waals surface area contributed by atoms with Gasteiger partial charge >= 0.3 is 0 Å². The molecular formula is C22H27ClFIN4. The Balaban J connectivity index is 0.00000240. The van der Waals surface area contributed by atoms with Gasteiger partial charge in [0.25, 0.3) is 0 Å². The Bertz CT molecular complexity index is 820. The minimum absolute atomic E-state index is 0. The lowest BCUT2D eigenvalue weighted by atomic mass is 10.0. The van der Waals surface area contributed by atoms with E-state index < -0.39 is 0 Å². The molecule has 1 heterocycles. The van der Waals surface area contributed by atoms with Crippen molar-refractivity contribution in [2.75, 3.05) is 25.0 Å². The fourth-order valence-corrected chi connectivity index (χ4v) is 4.30. The smallest absolute Gasteiger partial charge is 0.191 e. The van der Waals surface area contributed by atoms with Crippen molar-refractivity contribution in [2.24, 2.45) is 4.99 Å². The molecule has 0 bridgehead atoms. The molecule has 2 fully saturated rings. The van der Waals surface area contributed by atoms with Crippen LogP contribution in [0.5, 0.6) is 0 Å². The number of aliphatic imine (C=N–C) groups is 1. The van der Waals surface area contributed by atoms with Crippen LogP contribution in [0, 0.1) is 5.82 Å². The summed E-state index contributed by atoms with van der Waals surface area (Å²) in [5.74, 6) is 0.670. The lowest BCUT2D eigenvalue weighted by molar-refractivity contribution is 0.461. The fourth-order valence-electron chi connectivity index (χ4n) is 4.00. The third kappa shape index (κ3) is 5.34. The van der Waals surface area contributed by atoms with Crippen LogP contribution in [0.1, 0.15) is 30.7 Å². The number of rotatable bonds is 4. The highest BCUT2D eigenvalue weighted by molar-refractivity contribution is 14.0. The van der Waals surface area contributed by atoms with E-state index in [1.54, 1.807) is 19.2 Å². The number of nitrogens with one attached hydrogen (secondary N) is 2. The SMILES string of the molecule is CN=C(NC1CCN(c2ccccc2)CC1)NC1CC1c1c(F)cccc1Cl.I. The number of benzene rings is 2. The molecule has 1 aliphatic heterocycles. The molecule has 1 saturated carbocycles. The van der Waals surface area contributed by atoms with E-state index in [2.05, 4.69) is 44.8 Å². The number of piperidine rings is 1. The monoisotopic (exact) mass is 528 g/mol. The molecule has 0 spiro atoms. The van der Waals surface area contributed by atoms with Crippen LogP contribution in [0.25, 0.3) is 0 Å². The zero-order valence-electron chi connectivity index (χ0n) is 16.4. The summed E-state index contributed by atoms with van der Waals surface area (Å²) in [6, 6.07) is 16.0. The van der Waals surface area contributed by atoms with Gasteiger partial charge in [-0.05, 0) is 43.5 Å². The largest absolute Gasteiger partial charge is 0.371 e. The van der Waals surface area contributed by atoms with E-state index in [9.17, 15) is 4.39 Å². The number of hydrogen-bond acceptors (Lipinski definition) is 2. The van der Waals surface area contributed by atoms with Gasteiger partial charge in [-0.15, -0.1) is 24.0 Å². The first-order valence-electron chi connectivity index (χ1n) is 9.89. The van der Waals surface area contributed by atoms with E-state index in [-0.39, 0.29) is 41.8 Å². The van der Waals surface area contributed by atoms with Crippen molar-refractivity contribution in [3.8, 4) is 0 Å². The average molecular weight is 529 g/mol. The van der Waals surface area contributed by atoms with E-state index in [1.165, 1.54) is 11.8 Å². The number of hydrogen-bond donors (Lipinski definition) is 2. The van der Waals surface area contributed by atoms with E-state index in [0.29, 0.717) is 16.6 Å². The molecule has 1 saturated heterocycles. The summed E-state index contributed by atoms with van der Waals surface area (Å²) in [5, 5.41) is 7.47. The van der Waals surface area contributed by atoms with E-state index in [0.717, 1.165) is 38.3 Å². The van der Waals surface area contributed by atoms with Gasteiger partial charge in [-0.3, -0.25) is 4.99 Å². The summed E-state index contributed by atoms with van der Waals surface area (Å²) in [6.07, 6.45) is 2.99. The van der Waals surface area contributed by atoms with Crippen molar-refractivity contribution in [1.82, 2.24) is 10.6 Å². The maximum Gasteiger partial charge on any atom is 0.191 e. The molecule has 0 aromatic heterocycles. The number of nitrogens with zero attached hydrogens (tertiary/aromatic N) is 2. The van der Waals surface area contributed by atoms with Crippen LogP contribution in [0.4, 0.5) is 10.1 Å². The first-order valence-corrected chi connectivity index (χ1v) is 10.3. The van der Waals surface area contributed by atoms with E-state index in [1.807, 2.05) is 6.07 Å². The molecule has 7 heteroatoms. The summed E-state index contributed by atoms with van der Waals surface area (Å²) < 4.78 is 14.1. The van der Waals surface area contributed by atoms with Crippen LogP contribution >= 0.6 is 35.6 Å². The number of halogens is 3. The molecular weight excluding hydrogens is 502 g/mol. The van der Waals surface area contributed by atoms with Gasteiger partial charge in [0.1, 0.15) is 5.82 Å². The zero-order valence-corrected chi connectivity index (χ0v) is 19.5. The minimum Gasteiger partial charge on any atom is -0.371 e. The van der Waals surface area contributed by atoms with Gasteiger partial charge in [0, 0.05) is 54.4 Å². The zero-order chi connectivity index (χ0) is 19.5. The maximum absolute atomic E-state index is 14.1. The second kappa shape index (κ2) is 9.98. The number of guanidine groups is 1. The maximum atomic E-state index is 14.1. The van der Waals surface area contributed by atoms with Crippen molar-refractivity contribution in [2.45, 2.75) is 37.3 Å². The average Bonchev–Trinajstić information content (AvgIpc) is 3.47. The lowest BCUT2D eigenvalue weighted by Crippen LogP contribution is -2.49. The molecule has 0 amide bonds. The Morgan fingerprint density at radius 1 is 1.07 bits per heavy atom. The van der Waals surface area contributed by atoms with Crippen molar-refractivity contribution in [1.29, 1.82) is 0 Å². The van der Waals surface area contributed by atoms with Gasteiger partial charge in [0.15, 0.2) is 5.96 Å². The van der Waals surface area contributed by atoms with Gasteiger partial charge in [0.05, 0.1) is 0 Å². The predicted octanol–water partition coefficient (Wildman–Crippen LogP) is 4.79. The molecule has 4 rings (SSSR count). The van der Waals surface area contributed by atoms with Crippen molar-refractivity contribution >= 4 is 47.2 Å². The third-order valence-electron chi connectivity index (χ3n) is 5.66. The molecule has 2 aromatic carbocycles. The van der Waals surface area contributed by atoms with Gasteiger partial charge in [0.2, 0.25) is 0 Å². The first kappa shape index (κ1) is 22.2. The second-order valence-corrected chi connectivity index (χ2v) is 7.95. The summed E-state index contributed by atoms with van der Waals surface area (Å²) in [7, 11) is 1.78. The van der Waals surface area contributed by atoms with Crippen molar-refractivity contribution < 1.29 is 4.39 Å². The van der Waals surface area contributed by atoms with Crippen LogP contribution in [-0.2, 0) is 0 Å². The van der Waals surface area contributed by atoms with Crippen LogP contribution < -0.4 is 15.5 Å². The summed E-state index contributed by atoms with van der Waals surface area (Å²) in [5.41, 5.74) is 1.90. The van der Waals surface area contributed by atoms with Crippen LogP contribution in [-0.4, -0.2) is 38.2 Å². The molecule has 156 valence electrons. The summed E-state index contributed by atoms with van der Waals surface area (Å²) in [6.45, 7) is 2.05. The standard InChI is InChI=1S/C22H26ClFN4.HI/c1-25-22(27-20-14-17(20)21-18(23)8-5-9-19(21)24)26-15-10-12-28(13-11-15)16-6-3-2-4-7-16;/h2-9,15,17,20H,10-14H2,1H3,(H2,25,26,27);1H. The molecule has 2 N–H and O–H groups in total. The highest BCUT2D eigenvalue weighted by atomic mass is 127. The highest BCUT2D eigenvalue weighted by Crippen LogP contribution is 2.44. The Morgan fingerprint density at radius 3 is 2.45 bits per heavy atom. The molecule has 4 nitrogen and oxygen atoms in total. The Kier molecular flexibility index (Phi) is 7.62. The second-order valence-electron chi connectivity index (χ2n) is 7.54. The Labute approximate surface area is 193 Å². The Hall–Kier alpha value is -1.54. The van der Waals surface area contributed by atoms with Gasteiger partial charge in [-0.25, -0.2) is 4.39 Å². The summed E-state index contributed by atoms with van der Waals surface area (Å²) in [4.78, 5) is 6.79. The van der Waals surface area contributed by atoms with Crippen molar-refractivity contribution in [3.05, 3.63) is 64.9 Å². The topological polar surface area (TPSA) is 39.7 Å². The number of anilines is 1. The first-order chi connectivity index (χ1) is 13.7. The normalized spacial score (nSPS) is 22.0. The highest BCUT2D eigenvalue weighted by Gasteiger charge is 2.42. The fraction of sp³-hybridized carbons (Fsp3) is 0.409. The van der Waals surface area contributed by atoms with E-state index >= 15 is 0 Å². The van der Waals surface area contributed by atoms with Crippen LogP contribution in [0.15, 0.2) is 53.5 Å². The van der Waals surface area contributed by atoms with Gasteiger partial charge in [-0.2, -0.15) is 0 Å². The molecule has 29 heavy (non-hydrogen) atoms. The minimum atomic E-state index is -0.224. The quantitative estimate of drug-likeness (QED) is 0.341. The Morgan fingerprint density at radius 2 is 1.79 bits per heavy atom. The number of para-hydroxylation sites is 1. The van der Waals surface area contributed by atoms with Gasteiger partial charge in [-0.1, -0.05) is 35.9 Å². The molecule has 2 aliphatic rings. The molecule has 2 unspecified atom stereocenters. The van der Waals surface area contributed by atoms with Gasteiger partial charge < -0.3 is 15.5 Å². The molecule has 1 aliphatic carbocycles. The third-order valence-corrected chi connectivity index (χ3v) is 5.99. The molecule has 2 aromatic rings.